The number of nitrogens with one attached hydrogen (secondary N) is 1. The molecule has 30 heavy (non-hydrogen) atoms. The molecule has 1 aliphatic rings. The number of aryl methyl sites for hydroxylation is 1. The van der Waals surface area contributed by atoms with Crippen LogP contribution in [0.4, 0.5) is 9.18 Å². The minimum Gasteiger partial charge on any atom is -0.318 e. The molecule has 0 unspecified atom stereocenters. The van der Waals surface area contributed by atoms with Gasteiger partial charge in [-0.15, -0.1) is 0 Å². The fraction of sp³-hybridized carbons (Fsp3) is 0.130. The highest BCUT2D eigenvalue weighted by Crippen LogP contribution is 2.26. The van der Waals surface area contributed by atoms with E-state index in [1.54, 1.807) is 24.3 Å². The summed E-state index contributed by atoms with van der Waals surface area (Å²) in [6, 6.07) is 15.4. The molecule has 4 rings (SSSR count). The summed E-state index contributed by atoms with van der Waals surface area (Å²) in [4.78, 5) is 26.1. The summed E-state index contributed by atoms with van der Waals surface area (Å²) in [5, 5.41) is 2.61. The molecule has 152 valence electrons. The molecule has 5 nitrogen and oxygen atoms in total. The number of hydrogen-bond acceptors (Lipinski definition) is 2. The van der Waals surface area contributed by atoms with Crippen LogP contribution in [0, 0.1) is 19.7 Å². The van der Waals surface area contributed by atoms with Crippen molar-refractivity contribution in [3.05, 3.63) is 93.1 Å². The van der Waals surface area contributed by atoms with Crippen LogP contribution in [-0.2, 0) is 11.3 Å². The maximum Gasteiger partial charge on any atom is 0.329 e. The summed E-state index contributed by atoms with van der Waals surface area (Å²) in [7, 11) is 0. The quantitative estimate of drug-likeness (QED) is 0.429. The van der Waals surface area contributed by atoms with Crippen molar-refractivity contribution in [3.63, 3.8) is 0 Å². The number of carbonyl (C=O) groups excluding carboxylic acids is 2. The third-order valence-corrected chi connectivity index (χ3v) is 5.58. The molecule has 7 heteroatoms. The zero-order valence-electron chi connectivity index (χ0n) is 16.4. The fourth-order valence-corrected chi connectivity index (χ4v) is 4.00. The number of urea groups is 1. The number of benzene rings is 2. The molecule has 3 aromatic rings. The van der Waals surface area contributed by atoms with Gasteiger partial charge < -0.3 is 9.88 Å². The summed E-state index contributed by atoms with van der Waals surface area (Å²) >= 11 is 3.49. The number of amides is 3. The molecule has 1 aliphatic heterocycles. The second-order valence-corrected chi connectivity index (χ2v) is 8.03. The first-order chi connectivity index (χ1) is 14.3. The summed E-state index contributed by atoms with van der Waals surface area (Å²) < 4.78 is 17.0. The number of imide groups is 1. The van der Waals surface area contributed by atoms with E-state index in [1.165, 1.54) is 6.07 Å². The lowest BCUT2D eigenvalue weighted by Crippen LogP contribution is -2.30. The minimum atomic E-state index is -0.560. The summed E-state index contributed by atoms with van der Waals surface area (Å²) in [6.45, 7) is 3.82. The standard InChI is InChI=1S/C23H19BrFN3O2/c1-14-10-17(15(2)28(14)19-8-5-7-18(24)12-19)11-21-22(29)27(23(30)26-21)13-16-6-3-4-9-20(16)25/h3-12H,13H2,1-2H3,(H,26,30)/b21-11+. The van der Waals surface area contributed by atoms with Gasteiger partial charge in [0, 0.05) is 27.1 Å². The fourth-order valence-electron chi connectivity index (χ4n) is 3.61. The van der Waals surface area contributed by atoms with E-state index in [4.69, 9.17) is 0 Å². The Morgan fingerprint density at radius 3 is 2.57 bits per heavy atom. The zero-order valence-corrected chi connectivity index (χ0v) is 18.0. The van der Waals surface area contributed by atoms with E-state index < -0.39 is 17.8 Å². The monoisotopic (exact) mass is 467 g/mol. The highest BCUT2D eigenvalue weighted by atomic mass is 79.9. The highest BCUT2D eigenvalue weighted by molar-refractivity contribution is 9.10. The van der Waals surface area contributed by atoms with E-state index in [1.807, 2.05) is 44.2 Å². The van der Waals surface area contributed by atoms with Crippen LogP contribution in [0.1, 0.15) is 22.5 Å². The van der Waals surface area contributed by atoms with Gasteiger partial charge in [-0.3, -0.25) is 9.69 Å². The van der Waals surface area contributed by atoms with Crippen LogP contribution in [-0.4, -0.2) is 21.4 Å². The lowest BCUT2D eigenvalue weighted by atomic mass is 10.2. The highest BCUT2D eigenvalue weighted by Gasteiger charge is 2.34. The van der Waals surface area contributed by atoms with Crippen LogP contribution >= 0.6 is 15.9 Å². The Balaban J connectivity index is 1.64. The van der Waals surface area contributed by atoms with Crippen LogP contribution in [0.5, 0.6) is 0 Å². The SMILES string of the molecule is Cc1cc(/C=C2/NC(=O)N(Cc3ccccc3F)C2=O)c(C)n1-c1cccc(Br)c1. The van der Waals surface area contributed by atoms with Gasteiger partial charge in [0.2, 0.25) is 0 Å². The molecule has 3 amide bonds. The molecule has 0 radical (unpaired) electrons. The minimum absolute atomic E-state index is 0.119. The van der Waals surface area contributed by atoms with Gasteiger partial charge in [-0.1, -0.05) is 40.2 Å². The van der Waals surface area contributed by atoms with Crippen LogP contribution in [0.15, 0.2) is 64.8 Å². The first-order valence-electron chi connectivity index (χ1n) is 9.38. The Morgan fingerprint density at radius 1 is 1.07 bits per heavy atom. The Morgan fingerprint density at radius 2 is 1.83 bits per heavy atom. The maximum atomic E-state index is 13.9. The van der Waals surface area contributed by atoms with Crippen molar-refractivity contribution >= 4 is 33.9 Å². The van der Waals surface area contributed by atoms with Crippen molar-refractivity contribution in [1.29, 1.82) is 0 Å². The molecule has 1 fully saturated rings. The predicted molar refractivity (Wildman–Crippen MR) is 116 cm³/mol. The summed E-state index contributed by atoms with van der Waals surface area (Å²) in [5.74, 6) is -0.927. The number of halogens is 2. The second-order valence-electron chi connectivity index (χ2n) is 7.11. The number of rotatable bonds is 4. The third-order valence-electron chi connectivity index (χ3n) is 5.09. The average molecular weight is 468 g/mol. The van der Waals surface area contributed by atoms with E-state index in [0.29, 0.717) is 0 Å². The first-order valence-corrected chi connectivity index (χ1v) is 10.2. The molecule has 0 spiro atoms. The van der Waals surface area contributed by atoms with Gasteiger partial charge in [0.05, 0.1) is 6.54 Å². The molecule has 0 bridgehead atoms. The van der Waals surface area contributed by atoms with E-state index in [9.17, 15) is 14.0 Å². The molecule has 0 aliphatic carbocycles. The molecular weight excluding hydrogens is 449 g/mol. The van der Waals surface area contributed by atoms with Crippen molar-refractivity contribution in [1.82, 2.24) is 14.8 Å². The predicted octanol–water partition coefficient (Wildman–Crippen LogP) is 5.09. The smallest absolute Gasteiger partial charge is 0.318 e. The van der Waals surface area contributed by atoms with Crippen molar-refractivity contribution in [2.45, 2.75) is 20.4 Å². The van der Waals surface area contributed by atoms with Gasteiger partial charge in [0.15, 0.2) is 0 Å². The largest absolute Gasteiger partial charge is 0.329 e. The Labute approximate surface area is 181 Å². The van der Waals surface area contributed by atoms with E-state index in [2.05, 4.69) is 25.8 Å². The van der Waals surface area contributed by atoms with E-state index >= 15 is 0 Å². The maximum absolute atomic E-state index is 13.9. The summed E-state index contributed by atoms with van der Waals surface area (Å²) in [6.07, 6.45) is 1.67. The van der Waals surface area contributed by atoms with Crippen LogP contribution in [0.3, 0.4) is 0 Å². The molecule has 1 N–H and O–H groups in total. The van der Waals surface area contributed by atoms with Crippen molar-refractivity contribution in [3.8, 4) is 5.69 Å². The van der Waals surface area contributed by atoms with Crippen LogP contribution in [0.2, 0.25) is 0 Å². The topological polar surface area (TPSA) is 54.3 Å². The van der Waals surface area contributed by atoms with Crippen molar-refractivity contribution in [2.75, 3.05) is 0 Å². The zero-order chi connectivity index (χ0) is 21.4. The normalized spacial score (nSPS) is 15.2. The number of aromatic nitrogens is 1. The van der Waals surface area contributed by atoms with Gasteiger partial charge in [0.1, 0.15) is 11.5 Å². The molecule has 0 atom stereocenters. The third kappa shape index (κ3) is 3.68. The number of carbonyl (C=O) groups is 2. The Hall–Kier alpha value is -3.19. The van der Waals surface area contributed by atoms with E-state index in [-0.39, 0.29) is 17.8 Å². The molecule has 2 aromatic carbocycles. The Bertz CT molecular complexity index is 1200. The van der Waals surface area contributed by atoms with Gasteiger partial charge in [-0.2, -0.15) is 0 Å². The van der Waals surface area contributed by atoms with Gasteiger partial charge in [-0.25, -0.2) is 9.18 Å². The summed E-state index contributed by atoms with van der Waals surface area (Å²) in [5.41, 5.74) is 4.21. The van der Waals surface area contributed by atoms with Gasteiger partial charge in [0.25, 0.3) is 5.91 Å². The lowest BCUT2D eigenvalue weighted by Gasteiger charge is -2.12. The molecular formula is C23H19BrFN3O2. The molecule has 1 aromatic heterocycles. The molecule has 2 heterocycles. The average Bonchev–Trinajstić information content (AvgIpc) is 3.13. The molecule has 0 saturated carbocycles. The Kier molecular flexibility index (Phi) is 5.30. The second kappa shape index (κ2) is 7.91. The number of hydrogen-bond donors (Lipinski definition) is 1. The molecule has 1 saturated heterocycles. The van der Waals surface area contributed by atoms with Crippen LogP contribution in [0.25, 0.3) is 11.8 Å². The lowest BCUT2D eigenvalue weighted by molar-refractivity contribution is -0.123. The first kappa shape index (κ1) is 20.1. The number of nitrogens with zero attached hydrogens (tertiary/aromatic N) is 2. The van der Waals surface area contributed by atoms with Crippen molar-refractivity contribution in [2.24, 2.45) is 0 Å². The van der Waals surface area contributed by atoms with E-state index in [0.717, 1.165) is 32.0 Å². The van der Waals surface area contributed by atoms with Gasteiger partial charge in [-0.05, 0) is 55.8 Å². The van der Waals surface area contributed by atoms with Crippen molar-refractivity contribution < 1.29 is 14.0 Å². The van der Waals surface area contributed by atoms with Crippen LogP contribution < -0.4 is 5.32 Å². The van der Waals surface area contributed by atoms with Gasteiger partial charge >= 0.3 is 6.03 Å².